The highest BCUT2D eigenvalue weighted by Gasteiger charge is 2.23. The van der Waals surface area contributed by atoms with Gasteiger partial charge in [0.15, 0.2) is 11.6 Å². The van der Waals surface area contributed by atoms with Crippen molar-refractivity contribution in [2.75, 3.05) is 0 Å². The Morgan fingerprint density at radius 1 is 0.322 bits per heavy atom. The van der Waals surface area contributed by atoms with E-state index in [0.29, 0.717) is 17.6 Å². The quantitative estimate of drug-likeness (QED) is 0.170. The molecule has 6 heteroatoms. The second-order valence-electron chi connectivity index (χ2n) is 14.8. The lowest BCUT2D eigenvalue weighted by Crippen LogP contribution is -2.06. The van der Waals surface area contributed by atoms with Crippen molar-refractivity contribution in [3.8, 4) is 56.9 Å². The second kappa shape index (κ2) is 13.3. The van der Waals surface area contributed by atoms with Crippen LogP contribution in [-0.4, -0.2) is 24.1 Å². The van der Waals surface area contributed by atoms with Gasteiger partial charge < -0.3 is 4.42 Å². The van der Waals surface area contributed by atoms with E-state index in [4.69, 9.17) is 19.4 Å². The van der Waals surface area contributed by atoms with Crippen LogP contribution in [0.3, 0.4) is 0 Å². The van der Waals surface area contributed by atoms with Crippen LogP contribution in [0.2, 0.25) is 0 Å². The van der Waals surface area contributed by atoms with Crippen molar-refractivity contribution in [2.24, 2.45) is 0 Å². The van der Waals surface area contributed by atoms with Gasteiger partial charge in [-0.3, -0.25) is 9.13 Å². The molecule has 12 rings (SSSR count). The summed E-state index contributed by atoms with van der Waals surface area (Å²) in [6.45, 7) is 0. The average molecular weight is 756 g/mol. The van der Waals surface area contributed by atoms with Crippen LogP contribution < -0.4 is 0 Å². The number of rotatable bonds is 6. The van der Waals surface area contributed by atoms with Crippen molar-refractivity contribution >= 4 is 54.6 Å². The van der Waals surface area contributed by atoms with Gasteiger partial charge in [0.25, 0.3) is 0 Å². The highest BCUT2D eigenvalue weighted by molar-refractivity contribution is 6.13. The van der Waals surface area contributed by atoms with Crippen LogP contribution >= 0.6 is 0 Å². The van der Waals surface area contributed by atoms with Gasteiger partial charge in [-0.25, -0.2) is 4.98 Å². The number of para-hydroxylation sites is 3. The topological polar surface area (TPSA) is 61.7 Å². The maximum absolute atomic E-state index is 6.77. The molecule has 0 atom stereocenters. The van der Waals surface area contributed by atoms with Gasteiger partial charge >= 0.3 is 0 Å². The maximum Gasteiger partial charge on any atom is 0.238 e. The Balaban J connectivity index is 1.04. The molecule has 59 heavy (non-hydrogen) atoms. The number of nitrogens with zero attached hydrogens (tertiary/aromatic N) is 5. The molecule has 8 aromatic carbocycles. The molecule has 0 unspecified atom stereocenters. The van der Waals surface area contributed by atoms with E-state index in [1.54, 1.807) is 0 Å². The Bertz CT molecular complexity index is 3490. The molecule has 0 spiro atoms. The van der Waals surface area contributed by atoms with E-state index < -0.39 is 0 Å². The molecule has 0 N–H and O–H groups in total. The molecule has 0 bridgehead atoms. The normalized spacial score (nSPS) is 11.7. The number of aromatic nitrogens is 5. The minimum atomic E-state index is 0.575. The monoisotopic (exact) mass is 755 g/mol. The van der Waals surface area contributed by atoms with E-state index in [1.807, 2.05) is 66.7 Å². The second-order valence-corrected chi connectivity index (χ2v) is 14.8. The summed E-state index contributed by atoms with van der Waals surface area (Å²) in [7, 11) is 0. The van der Waals surface area contributed by atoms with Crippen LogP contribution in [0.1, 0.15) is 0 Å². The summed E-state index contributed by atoms with van der Waals surface area (Å²) in [6, 6.07) is 69.7. The minimum Gasteiger partial charge on any atom is -0.439 e. The minimum absolute atomic E-state index is 0.575. The highest BCUT2D eigenvalue weighted by Crippen LogP contribution is 2.43. The Kier molecular flexibility index (Phi) is 7.43. The molecule has 0 aliphatic rings. The van der Waals surface area contributed by atoms with E-state index >= 15 is 0 Å². The van der Waals surface area contributed by atoms with Crippen molar-refractivity contribution in [3.63, 3.8) is 0 Å². The van der Waals surface area contributed by atoms with Crippen molar-refractivity contribution in [3.05, 3.63) is 200 Å². The van der Waals surface area contributed by atoms with Crippen molar-refractivity contribution in [2.45, 2.75) is 0 Å². The summed E-state index contributed by atoms with van der Waals surface area (Å²) in [5, 5.41) is 5.67. The van der Waals surface area contributed by atoms with Crippen molar-refractivity contribution in [1.82, 2.24) is 24.1 Å². The maximum atomic E-state index is 6.77. The molecule has 0 radical (unpaired) electrons. The van der Waals surface area contributed by atoms with Crippen LogP contribution in [0, 0.1) is 0 Å². The van der Waals surface area contributed by atoms with Gasteiger partial charge in [-0.2, -0.15) is 9.97 Å². The van der Waals surface area contributed by atoms with Crippen molar-refractivity contribution in [1.29, 1.82) is 0 Å². The largest absolute Gasteiger partial charge is 0.439 e. The molecule has 4 heterocycles. The molecule has 0 saturated heterocycles. The lowest BCUT2D eigenvalue weighted by atomic mass is 10.0. The molecular weight excluding hydrogens is 723 g/mol. The van der Waals surface area contributed by atoms with Gasteiger partial charge in [-0.15, -0.1) is 0 Å². The molecular formula is C53H33N5O. The van der Waals surface area contributed by atoms with Crippen LogP contribution in [0.5, 0.6) is 0 Å². The molecule has 0 aliphatic heterocycles. The molecule has 0 saturated carbocycles. The fraction of sp³-hybridized carbons (Fsp3) is 0. The fourth-order valence-corrected chi connectivity index (χ4v) is 8.71. The number of hydrogen-bond acceptors (Lipinski definition) is 4. The van der Waals surface area contributed by atoms with E-state index in [-0.39, 0.29) is 0 Å². The molecule has 276 valence electrons. The number of hydrogen-bond donors (Lipinski definition) is 0. The Labute approximate surface area is 338 Å². The standard InChI is InChI=1S/C53H33N5O/c1-4-16-34(17-5-1)49-41-24-12-15-27-48(41)59-52(49)57-44-25-13-10-22-39(44)42-32-37(28-30-46(42)57)38-29-31-47-43(33-38)40-23-11-14-26-45(40)58(47)53-55-50(35-18-6-2-7-19-35)54-51(56-53)36-20-8-3-9-21-36/h1-33H. The predicted molar refractivity (Wildman–Crippen MR) is 240 cm³/mol. The van der Waals surface area contributed by atoms with Crippen LogP contribution in [0.15, 0.2) is 205 Å². The first-order valence-corrected chi connectivity index (χ1v) is 19.8. The summed E-state index contributed by atoms with van der Waals surface area (Å²) in [5.41, 5.74) is 11.4. The van der Waals surface area contributed by atoms with Gasteiger partial charge in [0, 0.05) is 38.1 Å². The molecule has 12 aromatic rings. The average Bonchev–Trinajstić information content (AvgIpc) is 3.97. The lowest BCUT2D eigenvalue weighted by Gasteiger charge is -2.11. The van der Waals surface area contributed by atoms with Crippen molar-refractivity contribution < 1.29 is 4.42 Å². The molecule has 6 nitrogen and oxygen atoms in total. The van der Waals surface area contributed by atoms with E-state index in [1.165, 1.54) is 5.39 Å². The Morgan fingerprint density at radius 3 is 1.34 bits per heavy atom. The SMILES string of the molecule is c1ccc(-c2nc(-c3ccccc3)nc(-n3c4ccccc4c4cc(-c5ccc6c(c5)c5ccccc5n6-c5oc6ccccc6c5-c5ccccc5)ccc43)n2)cc1. The summed E-state index contributed by atoms with van der Waals surface area (Å²) in [4.78, 5) is 15.2. The van der Waals surface area contributed by atoms with Crippen LogP contribution in [-0.2, 0) is 0 Å². The van der Waals surface area contributed by atoms with Gasteiger partial charge in [0.05, 0.1) is 27.6 Å². The smallest absolute Gasteiger partial charge is 0.238 e. The van der Waals surface area contributed by atoms with Crippen LogP contribution in [0.25, 0.3) is 111 Å². The van der Waals surface area contributed by atoms with E-state index in [0.717, 1.165) is 88.5 Å². The third-order valence-electron chi connectivity index (χ3n) is 11.4. The van der Waals surface area contributed by atoms with E-state index in [2.05, 4.69) is 143 Å². The summed E-state index contributed by atoms with van der Waals surface area (Å²) in [5.74, 6) is 2.65. The lowest BCUT2D eigenvalue weighted by molar-refractivity contribution is 0.591. The van der Waals surface area contributed by atoms with Gasteiger partial charge in [-0.1, -0.05) is 158 Å². The summed E-state index contributed by atoms with van der Waals surface area (Å²) < 4.78 is 11.2. The van der Waals surface area contributed by atoms with Gasteiger partial charge in [0.1, 0.15) is 5.58 Å². The fourth-order valence-electron chi connectivity index (χ4n) is 8.71. The first-order chi connectivity index (χ1) is 29.3. The number of fused-ring (bicyclic) bond motifs is 7. The third kappa shape index (κ3) is 5.31. The zero-order chi connectivity index (χ0) is 38.9. The van der Waals surface area contributed by atoms with Gasteiger partial charge in [0.2, 0.25) is 11.8 Å². The molecule has 0 amide bonds. The van der Waals surface area contributed by atoms with E-state index in [9.17, 15) is 0 Å². The first-order valence-electron chi connectivity index (χ1n) is 19.8. The Hall–Kier alpha value is -8.09. The van der Waals surface area contributed by atoms with Gasteiger partial charge in [-0.05, 0) is 59.2 Å². The molecule has 0 fully saturated rings. The zero-order valence-electron chi connectivity index (χ0n) is 31.7. The third-order valence-corrected chi connectivity index (χ3v) is 11.4. The molecule has 4 aromatic heterocycles. The zero-order valence-corrected chi connectivity index (χ0v) is 31.7. The number of benzene rings is 8. The highest BCUT2D eigenvalue weighted by atomic mass is 16.4. The van der Waals surface area contributed by atoms with Crippen LogP contribution in [0.4, 0.5) is 0 Å². The predicted octanol–water partition coefficient (Wildman–Crippen LogP) is 13.5. The first kappa shape index (κ1) is 33.1. The Morgan fingerprint density at radius 2 is 0.763 bits per heavy atom. The molecule has 0 aliphatic carbocycles. The summed E-state index contributed by atoms with van der Waals surface area (Å²) >= 11 is 0. The number of furan rings is 1. The summed E-state index contributed by atoms with van der Waals surface area (Å²) in [6.07, 6.45) is 0.